The van der Waals surface area contributed by atoms with E-state index >= 15 is 0 Å². The second-order valence-electron chi connectivity index (χ2n) is 5.11. The summed E-state index contributed by atoms with van der Waals surface area (Å²) in [5.41, 5.74) is 4.70. The van der Waals surface area contributed by atoms with Gasteiger partial charge >= 0.3 is 0 Å². The SMILES string of the molecule is Cc1cc(C)c2nc(C3CCC(C)O3)[nH]c2c1. The van der Waals surface area contributed by atoms with Crippen LogP contribution in [0.3, 0.4) is 0 Å². The summed E-state index contributed by atoms with van der Waals surface area (Å²) in [6.45, 7) is 6.34. The maximum Gasteiger partial charge on any atom is 0.136 e. The Labute approximate surface area is 101 Å². The third-order valence-corrected chi connectivity index (χ3v) is 3.48. The first-order valence-electron chi connectivity index (χ1n) is 6.26. The number of aromatic nitrogens is 2. The lowest BCUT2D eigenvalue weighted by molar-refractivity contribution is 0.0510. The Hall–Kier alpha value is -1.35. The van der Waals surface area contributed by atoms with Crippen LogP contribution in [0.25, 0.3) is 11.0 Å². The topological polar surface area (TPSA) is 37.9 Å². The zero-order chi connectivity index (χ0) is 12.0. The monoisotopic (exact) mass is 230 g/mol. The highest BCUT2D eigenvalue weighted by Crippen LogP contribution is 2.32. The number of aromatic amines is 1. The summed E-state index contributed by atoms with van der Waals surface area (Å²) < 4.78 is 5.85. The molecule has 2 atom stereocenters. The van der Waals surface area contributed by atoms with E-state index in [1.165, 1.54) is 11.1 Å². The minimum Gasteiger partial charge on any atom is -0.367 e. The summed E-state index contributed by atoms with van der Waals surface area (Å²) in [7, 11) is 0. The molecule has 1 fully saturated rings. The van der Waals surface area contributed by atoms with E-state index in [2.05, 4.69) is 42.9 Å². The summed E-state index contributed by atoms with van der Waals surface area (Å²) in [5, 5.41) is 0. The molecule has 0 amide bonds. The molecule has 3 rings (SSSR count). The maximum absolute atomic E-state index is 5.85. The number of benzene rings is 1. The van der Waals surface area contributed by atoms with Crippen LogP contribution in [-0.4, -0.2) is 16.1 Å². The van der Waals surface area contributed by atoms with Crippen molar-refractivity contribution in [2.24, 2.45) is 0 Å². The molecule has 1 aromatic carbocycles. The van der Waals surface area contributed by atoms with Gasteiger partial charge in [0.15, 0.2) is 0 Å². The molecule has 3 heteroatoms. The lowest BCUT2D eigenvalue weighted by Gasteiger charge is -2.06. The molecule has 0 aliphatic carbocycles. The van der Waals surface area contributed by atoms with Crippen LogP contribution < -0.4 is 0 Å². The predicted molar refractivity (Wildman–Crippen MR) is 68.1 cm³/mol. The van der Waals surface area contributed by atoms with E-state index in [1.807, 2.05) is 0 Å². The van der Waals surface area contributed by atoms with Crippen molar-refractivity contribution in [3.63, 3.8) is 0 Å². The Morgan fingerprint density at radius 1 is 1.29 bits per heavy atom. The fourth-order valence-corrected chi connectivity index (χ4v) is 2.65. The van der Waals surface area contributed by atoms with Crippen LogP contribution >= 0.6 is 0 Å². The van der Waals surface area contributed by atoms with Crippen LogP contribution in [0.1, 0.15) is 42.8 Å². The Morgan fingerprint density at radius 2 is 2.12 bits per heavy atom. The summed E-state index contributed by atoms with van der Waals surface area (Å²) in [6.07, 6.45) is 2.70. The van der Waals surface area contributed by atoms with Gasteiger partial charge in [-0.25, -0.2) is 4.98 Å². The van der Waals surface area contributed by atoms with Crippen molar-refractivity contribution in [3.05, 3.63) is 29.1 Å². The molecule has 90 valence electrons. The lowest BCUT2D eigenvalue weighted by atomic mass is 10.1. The van der Waals surface area contributed by atoms with E-state index in [-0.39, 0.29) is 6.10 Å². The Balaban J connectivity index is 2.04. The van der Waals surface area contributed by atoms with Crippen molar-refractivity contribution in [2.75, 3.05) is 0 Å². The molecule has 1 aliphatic rings. The first kappa shape index (κ1) is 10.8. The zero-order valence-electron chi connectivity index (χ0n) is 10.6. The maximum atomic E-state index is 5.85. The molecule has 1 aliphatic heterocycles. The molecule has 3 nitrogen and oxygen atoms in total. The number of hydrogen-bond acceptors (Lipinski definition) is 2. The van der Waals surface area contributed by atoms with Gasteiger partial charge in [0.2, 0.25) is 0 Å². The number of H-pyrrole nitrogens is 1. The van der Waals surface area contributed by atoms with Crippen molar-refractivity contribution in [3.8, 4) is 0 Å². The van der Waals surface area contributed by atoms with E-state index in [4.69, 9.17) is 4.74 Å². The van der Waals surface area contributed by atoms with Crippen LogP contribution in [0.15, 0.2) is 12.1 Å². The van der Waals surface area contributed by atoms with Gasteiger partial charge in [-0.05, 0) is 50.8 Å². The van der Waals surface area contributed by atoms with Gasteiger partial charge in [0.25, 0.3) is 0 Å². The van der Waals surface area contributed by atoms with E-state index in [9.17, 15) is 0 Å². The third-order valence-electron chi connectivity index (χ3n) is 3.48. The highest BCUT2D eigenvalue weighted by atomic mass is 16.5. The van der Waals surface area contributed by atoms with E-state index in [0.717, 1.165) is 29.7 Å². The standard InChI is InChI=1S/C14H18N2O/c1-8-6-9(2)13-11(7-8)15-14(16-13)12-5-4-10(3)17-12/h6-7,10,12H,4-5H2,1-3H3,(H,15,16). The van der Waals surface area contributed by atoms with Gasteiger partial charge in [0.1, 0.15) is 11.9 Å². The van der Waals surface area contributed by atoms with E-state index in [1.54, 1.807) is 0 Å². The lowest BCUT2D eigenvalue weighted by Crippen LogP contribution is -2.02. The van der Waals surface area contributed by atoms with Crippen molar-refractivity contribution < 1.29 is 4.74 Å². The van der Waals surface area contributed by atoms with Crippen LogP contribution in [-0.2, 0) is 4.74 Å². The zero-order valence-corrected chi connectivity index (χ0v) is 10.6. The molecular weight excluding hydrogens is 212 g/mol. The van der Waals surface area contributed by atoms with Crippen LogP contribution in [0.5, 0.6) is 0 Å². The molecule has 0 bridgehead atoms. The largest absolute Gasteiger partial charge is 0.367 e. The first-order valence-corrected chi connectivity index (χ1v) is 6.26. The summed E-state index contributed by atoms with van der Waals surface area (Å²) in [4.78, 5) is 8.09. The van der Waals surface area contributed by atoms with Gasteiger partial charge in [-0.1, -0.05) is 6.07 Å². The smallest absolute Gasteiger partial charge is 0.136 e. The number of fused-ring (bicyclic) bond motifs is 1. The van der Waals surface area contributed by atoms with Crippen molar-refractivity contribution in [1.29, 1.82) is 0 Å². The first-order chi connectivity index (χ1) is 8.13. The fraction of sp³-hybridized carbons (Fsp3) is 0.500. The molecule has 1 aromatic heterocycles. The molecule has 0 spiro atoms. The number of aryl methyl sites for hydroxylation is 2. The molecule has 0 saturated carbocycles. The van der Waals surface area contributed by atoms with E-state index < -0.39 is 0 Å². The van der Waals surface area contributed by atoms with Crippen LogP contribution in [0.4, 0.5) is 0 Å². The molecule has 2 heterocycles. The van der Waals surface area contributed by atoms with Crippen molar-refractivity contribution in [1.82, 2.24) is 9.97 Å². The minimum atomic E-state index is 0.150. The van der Waals surface area contributed by atoms with E-state index in [0.29, 0.717) is 6.10 Å². The second-order valence-corrected chi connectivity index (χ2v) is 5.11. The van der Waals surface area contributed by atoms with Crippen LogP contribution in [0.2, 0.25) is 0 Å². The molecule has 2 unspecified atom stereocenters. The molecule has 2 aromatic rings. The highest BCUT2D eigenvalue weighted by Gasteiger charge is 2.26. The van der Waals surface area contributed by atoms with Crippen molar-refractivity contribution >= 4 is 11.0 Å². The molecular formula is C14H18N2O. The Morgan fingerprint density at radius 3 is 2.82 bits per heavy atom. The molecule has 1 saturated heterocycles. The number of imidazole rings is 1. The molecule has 0 radical (unpaired) electrons. The predicted octanol–water partition coefficient (Wildman–Crippen LogP) is 3.42. The number of nitrogens with zero attached hydrogens (tertiary/aromatic N) is 1. The number of rotatable bonds is 1. The van der Waals surface area contributed by atoms with Gasteiger partial charge in [0.05, 0.1) is 17.1 Å². The quantitative estimate of drug-likeness (QED) is 0.815. The summed E-state index contributed by atoms with van der Waals surface area (Å²) in [6, 6.07) is 4.32. The Bertz CT molecular complexity index is 559. The number of nitrogens with one attached hydrogen (secondary N) is 1. The molecule has 1 N–H and O–H groups in total. The van der Waals surface area contributed by atoms with Gasteiger partial charge < -0.3 is 9.72 Å². The number of hydrogen-bond donors (Lipinski definition) is 1. The minimum absolute atomic E-state index is 0.150. The fourth-order valence-electron chi connectivity index (χ4n) is 2.65. The average Bonchev–Trinajstić information content (AvgIpc) is 2.83. The summed E-state index contributed by atoms with van der Waals surface area (Å²) in [5.74, 6) is 0.984. The highest BCUT2D eigenvalue weighted by molar-refractivity contribution is 5.79. The van der Waals surface area contributed by atoms with Crippen molar-refractivity contribution in [2.45, 2.75) is 45.8 Å². The Kier molecular flexibility index (Phi) is 2.44. The van der Waals surface area contributed by atoms with Gasteiger partial charge in [-0.15, -0.1) is 0 Å². The third kappa shape index (κ3) is 1.84. The summed E-state index contributed by atoms with van der Waals surface area (Å²) >= 11 is 0. The average molecular weight is 230 g/mol. The second kappa shape index (κ2) is 3.84. The molecule has 17 heavy (non-hydrogen) atoms. The van der Waals surface area contributed by atoms with Gasteiger partial charge in [0, 0.05) is 0 Å². The van der Waals surface area contributed by atoms with Gasteiger partial charge in [-0.3, -0.25) is 0 Å². The van der Waals surface area contributed by atoms with Gasteiger partial charge in [-0.2, -0.15) is 0 Å². The normalized spacial score (nSPS) is 24.6. The van der Waals surface area contributed by atoms with Crippen LogP contribution in [0, 0.1) is 13.8 Å². The number of ether oxygens (including phenoxy) is 1.